The predicted molar refractivity (Wildman–Crippen MR) is 80.4 cm³/mol. The molecule has 0 atom stereocenters. The number of aryl methyl sites for hydroxylation is 1. The number of carbonyl (C=O) groups is 1. The van der Waals surface area contributed by atoms with Crippen molar-refractivity contribution < 1.29 is 22.7 Å². The molecule has 1 N–H and O–H groups in total. The van der Waals surface area contributed by atoms with E-state index in [1.807, 2.05) is 12.3 Å². The SMILES string of the molecule is Cc1nc(CCNC(=O)Cc2ccc(OC(F)(F)F)cc2)cs1. The van der Waals surface area contributed by atoms with Crippen molar-refractivity contribution >= 4 is 17.2 Å². The summed E-state index contributed by atoms with van der Waals surface area (Å²) in [5.74, 6) is -0.498. The van der Waals surface area contributed by atoms with E-state index in [2.05, 4.69) is 15.0 Å². The number of benzene rings is 1. The Balaban J connectivity index is 1.76. The van der Waals surface area contributed by atoms with Crippen LogP contribution in [0.3, 0.4) is 0 Å². The van der Waals surface area contributed by atoms with Crippen LogP contribution in [0.4, 0.5) is 13.2 Å². The molecule has 0 bridgehead atoms. The van der Waals surface area contributed by atoms with Crippen molar-refractivity contribution in [3.63, 3.8) is 0 Å². The second kappa shape index (κ2) is 7.45. The van der Waals surface area contributed by atoms with Crippen LogP contribution in [0.2, 0.25) is 0 Å². The summed E-state index contributed by atoms with van der Waals surface area (Å²) >= 11 is 1.56. The molecule has 0 spiro atoms. The summed E-state index contributed by atoms with van der Waals surface area (Å²) in [5, 5.41) is 5.68. The summed E-state index contributed by atoms with van der Waals surface area (Å²) in [4.78, 5) is 16.1. The summed E-state index contributed by atoms with van der Waals surface area (Å²) < 4.78 is 39.9. The van der Waals surface area contributed by atoms with Crippen molar-refractivity contribution in [3.8, 4) is 5.75 Å². The van der Waals surface area contributed by atoms with Crippen LogP contribution in [0.1, 0.15) is 16.3 Å². The van der Waals surface area contributed by atoms with Crippen molar-refractivity contribution in [3.05, 3.63) is 45.9 Å². The van der Waals surface area contributed by atoms with Crippen LogP contribution in [0.25, 0.3) is 0 Å². The second-order valence-corrected chi connectivity index (χ2v) is 5.89. The molecule has 1 heterocycles. The maximum atomic E-state index is 12.0. The third kappa shape index (κ3) is 6.27. The van der Waals surface area contributed by atoms with Gasteiger partial charge in [-0.3, -0.25) is 4.79 Å². The van der Waals surface area contributed by atoms with E-state index < -0.39 is 6.36 Å². The summed E-state index contributed by atoms with van der Waals surface area (Å²) in [5.41, 5.74) is 1.54. The number of rotatable bonds is 6. The van der Waals surface area contributed by atoms with E-state index >= 15 is 0 Å². The van der Waals surface area contributed by atoms with Gasteiger partial charge in [0.05, 0.1) is 17.1 Å². The average molecular weight is 344 g/mol. The third-order valence-corrected chi connectivity index (χ3v) is 3.71. The number of thiazole rings is 1. The molecular weight excluding hydrogens is 329 g/mol. The van der Waals surface area contributed by atoms with Crippen LogP contribution < -0.4 is 10.1 Å². The molecule has 4 nitrogen and oxygen atoms in total. The molecule has 0 aliphatic carbocycles. The number of amides is 1. The molecule has 23 heavy (non-hydrogen) atoms. The van der Waals surface area contributed by atoms with Crippen LogP contribution in [0.5, 0.6) is 5.75 Å². The highest BCUT2D eigenvalue weighted by molar-refractivity contribution is 7.09. The van der Waals surface area contributed by atoms with Crippen LogP contribution in [0, 0.1) is 6.92 Å². The van der Waals surface area contributed by atoms with Crippen molar-refractivity contribution in [1.29, 1.82) is 0 Å². The fourth-order valence-corrected chi connectivity index (χ4v) is 2.56. The topological polar surface area (TPSA) is 51.2 Å². The fourth-order valence-electron chi connectivity index (χ4n) is 1.91. The molecule has 0 aliphatic rings. The first-order valence-corrected chi connectivity index (χ1v) is 7.72. The Labute approximate surface area is 135 Å². The predicted octanol–water partition coefficient (Wildman–Crippen LogP) is 3.25. The van der Waals surface area contributed by atoms with Gasteiger partial charge in [0.15, 0.2) is 0 Å². The molecule has 2 rings (SSSR count). The molecule has 1 aromatic carbocycles. The minimum absolute atomic E-state index is 0.0996. The zero-order valence-corrected chi connectivity index (χ0v) is 13.1. The fraction of sp³-hybridized carbons (Fsp3) is 0.333. The number of hydrogen-bond acceptors (Lipinski definition) is 4. The van der Waals surface area contributed by atoms with Gasteiger partial charge in [-0.15, -0.1) is 24.5 Å². The summed E-state index contributed by atoms with van der Waals surface area (Å²) in [7, 11) is 0. The Morgan fingerprint density at radius 3 is 2.57 bits per heavy atom. The van der Waals surface area contributed by atoms with Gasteiger partial charge in [-0.25, -0.2) is 4.98 Å². The molecule has 0 fully saturated rings. The van der Waals surface area contributed by atoms with Gasteiger partial charge in [-0.2, -0.15) is 0 Å². The monoisotopic (exact) mass is 344 g/mol. The lowest BCUT2D eigenvalue weighted by atomic mass is 10.1. The van der Waals surface area contributed by atoms with E-state index in [4.69, 9.17) is 0 Å². The molecule has 1 amide bonds. The van der Waals surface area contributed by atoms with Gasteiger partial charge in [-0.05, 0) is 24.6 Å². The molecular formula is C15H15F3N2O2S. The number of nitrogens with zero attached hydrogens (tertiary/aromatic N) is 1. The van der Waals surface area contributed by atoms with Crippen LogP contribution in [0.15, 0.2) is 29.6 Å². The van der Waals surface area contributed by atoms with Gasteiger partial charge in [0.1, 0.15) is 5.75 Å². The Kier molecular flexibility index (Phi) is 5.59. The van der Waals surface area contributed by atoms with Crippen LogP contribution in [-0.4, -0.2) is 23.8 Å². The van der Waals surface area contributed by atoms with Crippen molar-refractivity contribution in [2.75, 3.05) is 6.54 Å². The average Bonchev–Trinajstić information content (AvgIpc) is 2.85. The number of ether oxygens (including phenoxy) is 1. The van der Waals surface area contributed by atoms with Crippen molar-refractivity contribution in [2.45, 2.75) is 26.1 Å². The lowest BCUT2D eigenvalue weighted by molar-refractivity contribution is -0.274. The lowest BCUT2D eigenvalue weighted by Gasteiger charge is -2.09. The van der Waals surface area contributed by atoms with Gasteiger partial charge >= 0.3 is 6.36 Å². The smallest absolute Gasteiger partial charge is 0.406 e. The van der Waals surface area contributed by atoms with Crippen LogP contribution >= 0.6 is 11.3 Å². The first-order valence-electron chi connectivity index (χ1n) is 6.84. The van der Waals surface area contributed by atoms with E-state index in [-0.39, 0.29) is 18.1 Å². The molecule has 8 heteroatoms. The third-order valence-electron chi connectivity index (χ3n) is 2.89. The molecule has 1 aromatic heterocycles. The van der Waals surface area contributed by atoms with E-state index in [0.29, 0.717) is 18.5 Å². The summed E-state index contributed by atoms with van der Waals surface area (Å²) in [6.45, 7) is 2.39. The molecule has 0 unspecified atom stereocenters. The number of hydrogen-bond donors (Lipinski definition) is 1. The number of alkyl halides is 3. The van der Waals surface area contributed by atoms with Crippen molar-refractivity contribution in [1.82, 2.24) is 10.3 Å². The zero-order chi connectivity index (χ0) is 16.9. The first-order chi connectivity index (χ1) is 10.8. The van der Waals surface area contributed by atoms with Gasteiger partial charge in [-0.1, -0.05) is 12.1 Å². The first kappa shape index (κ1) is 17.3. The van der Waals surface area contributed by atoms with Gasteiger partial charge in [0.2, 0.25) is 5.91 Å². The number of halogens is 3. The van der Waals surface area contributed by atoms with E-state index in [0.717, 1.165) is 10.7 Å². The van der Waals surface area contributed by atoms with Gasteiger partial charge in [0.25, 0.3) is 0 Å². The molecule has 0 radical (unpaired) electrons. The summed E-state index contributed by atoms with van der Waals surface area (Å²) in [6.07, 6.45) is -3.97. The van der Waals surface area contributed by atoms with E-state index in [1.165, 1.54) is 24.3 Å². The molecule has 2 aromatic rings. The maximum absolute atomic E-state index is 12.0. The van der Waals surface area contributed by atoms with Gasteiger partial charge < -0.3 is 10.1 Å². The van der Waals surface area contributed by atoms with E-state index in [1.54, 1.807) is 11.3 Å². The van der Waals surface area contributed by atoms with Crippen LogP contribution in [-0.2, 0) is 17.6 Å². The lowest BCUT2D eigenvalue weighted by Crippen LogP contribution is -2.27. The highest BCUT2D eigenvalue weighted by Gasteiger charge is 2.30. The Morgan fingerprint density at radius 2 is 2.00 bits per heavy atom. The standard InChI is InChI=1S/C15H15F3N2O2S/c1-10-20-12(9-23-10)6-7-19-14(21)8-11-2-4-13(5-3-11)22-15(16,17)18/h2-5,9H,6-8H2,1H3,(H,19,21). The molecule has 0 aliphatic heterocycles. The van der Waals surface area contributed by atoms with E-state index in [9.17, 15) is 18.0 Å². The van der Waals surface area contributed by atoms with Crippen molar-refractivity contribution in [2.24, 2.45) is 0 Å². The Hall–Kier alpha value is -2.09. The largest absolute Gasteiger partial charge is 0.573 e. The minimum Gasteiger partial charge on any atom is -0.406 e. The maximum Gasteiger partial charge on any atom is 0.573 e. The molecule has 0 saturated carbocycles. The Bertz CT molecular complexity index is 653. The number of carbonyl (C=O) groups excluding carboxylic acids is 1. The number of aromatic nitrogens is 1. The quantitative estimate of drug-likeness (QED) is 0.875. The minimum atomic E-state index is -4.72. The Morgan fingerprint density at radius 1 is 1.30 bits per heavy atom. The normalized spacial score (nSPS) is 11.3. The molecule has 124 valence electrons. The highest BCUT2D eigenvalue weighted by Crippen LogP contribution is 2.22. The zero-order valence-electron chi connectivity index (χ0n) is 12.3. The second-order valence-electron chi connectivity index (χ2n) is 4.83. The molecule has 0 saturated heterocycles. The van der Waals surface area contributed by atoms with Gasteiger partial charge in [0, 0.05) is 18.3 Å². The summed E-state index contributed by atoms with van der Waals surface area (Å²) in [6, 6.07) is 5.25. The number of nitrogens with one attached hydrogen (secondary N) is 1. The highest BCUT2D eigenvalue weighted by atomic mass is 32.1.